The molecule has 1 aromatic carbocycles. The first kappa shape index (κ1) is 21.3. The summed E-state index contributed by atoms with van der Waals surface area (Å²) in [5.41, 5.74) is 1.84. The van der Waals surface area contributed by atoms with Crippen molar-refractivity contribution < 1.29 is 14.3 Å². The molecule has 0 radical (unpaired) electrons. The molecule has 33 heavy (non-hydrogen) atoms. The van der Waals surface area contributed by atoms with E-state index in [0.29, 0.717) is 32.5 Å². The Hall–Kier alpha value is -3.57. The van der Waals surface area contributed by atoms with Gasteiger partial charge in [0.15, 0.2) is 11.7 Å². The summed E-state index contributed by atoms with van der Waals surface area (Å²) in [6.45, 7) is 3.77. The molecular weight excluding hydrogens is 462 g/mol. The average Bonchev–Trinajstić information content (AvgIpc) is 3.38. The molecule has 0 aliphatic carbocycles. The second-order valence-electron chi connectivity index (χ2n) is 7.48. The van der Waals surface area contributed by atoms with E-state index in [1.54, 1.807) is 12.1 Å². The number of carbonyl (C=O) groups excluding carboxylic acids is 2. The minimum absolute atomic E-state index is 0.00400. The van der Waals surface area contributed by atoms with E-state index in [1.165, 1.54) is 33.6 Å². The van der Waals surface area contributed by atoms with E-state index < -0.39 is 0 Å². The molecule has 0 atom stereocenters. The van der Waals surface area contributed by atoms with Crippen molar-refractivity contribution in [3.8, 4) is 17.0 Å². The third-order valence-electron chi connectivity index (χ3n) is 5.16. The number of anilines is 2. The molecule has 4 aromatic rings. The van der Waals surface area contributed by atoms with E-state index in [9.17, 15) is 14.4 Å². The second-order valence-corrected chi connectivity index (χ2v) is 9.80. The summed E-state index contributed by atoms with van der Waals surface area (Å²) in [4.78, 5) is 48.5. The third kappa shape index (κ3) is 4.12. The van der Waals surface area contributed by atoms with Crippen LogP contribution in [-0.2, 0) is 22.6 Å². The highest BCUT2D eigenvalue weighted by molar-refractivity contribution is 7.18. The molecule has 2 amide bonds. The van der Waals surface area contributed by atoms with Crippen LogP contribution >= 0.6 is 22.7 Å². The second kappa shape index (κ2) is 8.41. The Morgan fingerprint density at radius 3 is 2.94 bits per heavy atom. The number of carbonyl (C=O) groups is 2. The van der Waals surface area contributed by atoms with Gasteiger partial charge in [-0.2, -0.15) is 0 Å². The van der Waals surface area contributed by atoms with E-state index in [2.05, 4.69) is 20.6 Å². The number of fused-ring (bicyclic) bond motifs is 2. The Morgan fingerprint density at radius 1 is 1.27 bits per heavy atom. The molecule has 4 heterocycles. The third-order valence-corrected chi connectivity index (χ3v) is 7.23. The molecule has 1 aliphatic rings. The normalized spacial score (nSPS) is 12.8. The van der Waals surface area contributed by atoms with Gasteiger partial charge < -0.3 is 15.4 Å². The fourth-order valence-corrected chi connectivity index (χ4v) is 5.34. The van der Waals surface area contributed by atoms with Crippen LogP contribution in [0.25, 0.3) is 21.5 Å². The van der Waals surface area contributed by atoms with Crippen LogP contribution in [0.2, 0.25) is 0 Å². The van der Waals surface area contributed by atoms with Crippen molar-refractivity contribution in [2.75, 3.05) is 17.2 Å². The van der Waals surface area contributed by atoms with Gasteiger partial charge in [-0.3, -0.25) is 19.0 Å². The largest absolute Gasteiger partial charge is 0.482 e. The summed E-state index contributed by atoms with van der Waals surface area (Å²) < 4.78 is 6.70. The zero-order valence-corrected chi connectivity index (χ0v) is 19.4. The predicted octanol–water partition coefficient (Wildman–Crippen LogP) is 3.42. The standard InChI is InChI=1S/C22H19N5O4S2/c1-3-13-7-14-20(33-13)23-10-27(21(14)30)8-17(28)25-22-26-19(11(2)32-22)12-4-5-16-15(6-12)24-18(29)9-31-16/h4-7,10H,3,8-9H2,1-2H3,(H,24,29)(H,25,26,28). The SMILES string of the molecule is CCc1cc2c(=O)n(CC(=O)Nc3nc(-c4ccc5c(c4)NC(=O)CO5)c(C)s3)cnc2s1. The Morgan fingerprint density at radius 2 is 2.12 bits per heavy atom. The van der Waals surface area contributed by atoms with Crippen molar-refractivity contribution in [1.82, 2.24) is 14.5 Å². The van der Waals surface area contributed by atoms with Gasteiger partial charge >= 0.3 is 0 Å². The zero-order chi connectivity index (χ0) is 23.1. The Balaban J connectivity index is 1.34. The molecule has 5 rings (SSSR count). The summed E-state index contributed by atoms with van der Waals surface area (Å²) >= 11 is 2.82. The summed E-state index contributed by atoms with van der Waals surface area (Å²) in [6, 6.07) is 7.28. The number of aromatic nitrogens is 3. The van der Waals surface area contributed by atoms with Gasteiger partial charge in [0.1, 0.15) is 17.1 Å². The lowest BCUT2D eigenvalue weighted by molar-refractivity contribution is -0.118. The average molecular weight is 482 g/mol. The van der Waals surface area contributed by atoms with Crippen molar-refractivity contribution in [2.45, 2.75) is 26.8 Å². The highest BCUT2D eigenvalue weighted by Crippen LogP contribution is 2.36. The van der Waals surface area contributed by atoms with Gasteiger partial charge in [-0.1, -0.05) is 6.92 Å². The highest BCUT2D eigenvalue weighted by atomic mass is 32.1. The van der Waals surface area contributed by atoms with Gasteiger partial charge in [0.2, 0.25) is 5.91 Å². The topological polar surface area (TPSA) is 115 Å². The van der Waals surface area contributed by atoms with Crippen molar-refractivity contribution in [2.24, 2.45) is 0 Å². The van der Waals surface area contributed by atoms with Crippen LogP contribution in [0.5, 0.6) is 5.75 Å². The molecule has 0 saturated carbocycles. The van der Waals surface area contributed by atoms with E-state index in [4.69, 9.17) is 4.74 Å². The molecule has 9 nitrogen and oxygen atoms in total. The summed E-state index contributed by atoms with van der Waals surface area (Å²) in [7, 11) is 0. The molecule has 3 aromatic heterocycles. The maximum atomic E-state index is 12.7. The first-order valence-corrected chi connectivity index (χ1v) is 11.9. The van der Waals surface area contributed by atoms with Gasteiger partial charge in [-0.15, -0.1) is 22.7 Å². The van der Waals surface area contributed by atoms with E-state index in [-0.39, 0.29) is 30.5 Å². The van der Waals surface area contributed by atoms with Crippen molar-refractivity contribution in [3.63, 3.8) is 0 Å². The summed E-state index contributed by atoms with van der Waals surface area (Å²) in [5.74, 6) is 0.0296. The Labute approximate surface area is 196 Å². The van der Waals surface area contributed by atoms with Crippen LogP contribution in [0.1, 0.15) is 16.7 Å². The predicted molar refractivity (Wildman–Crippen MR) is 128 cm³/mol. The molecule has 0 spiro atoms. The number of hydrogen-bond donors (Lipinski definition) is 2. The van der Waals surface area contributed by atoms with Crippen LogP contribution in [0, 0.1) is 6.92 Å². The highest BCUT2D eigenvalue weighted by Gasteiger charge is 2.19. The van der Waals surface area contributed by atoms with Crippen LogP contribution in [0.3, 0.4) is 0 Å². The number of thiophene rings is 1. The van der Waals surface area contributed by atoms with Crippen molar-refractivity contribution in [1.29, 1.82) is 0 Å². The number of nitrogens with one attached hydrogen (secondary N) is 2. The zero-order valence-electron chi connectivity index (χ0n) is 17.8. The van der Waals surface area contributed by atoms with Crippen molar-refractivity contribution in [3.05, 3.63) is 50.7 Å². The number of nitrogens with zero attached hydrogens (tertiary/aromatic N) is 3. The summed E-state index contributed by atoms with van der Waals surface area (Å²) in [6.07, 6.45) is 2.23. The number of amides is 2. The molecule has 0 bridgehead atoms. The smallest absolute Gasteiger partial charge is 0.262 e. The lowest BCUT2D eigenvalue weighted by Crippen LogP contribution is -2.27. The van der Waals surface area contributed by atoms with Gasteiger partial charge in [0, 0.05) is 15.3 Å². The minimum Gasteiger partial charge on any atom is -0.482 e. The van der Waals surface area contributed by atoms with Gasteiger partial charge in [0.25, 0.3) is 11.5 Å². The molecule has 0 unspecified atom stereocenters. The van der Waals surface area contributed by atoms with Crippen LogP contribution in [0.4, 0.5) is 10.8 Å². The number of hydrogen-bond acceptors (Lipinski definition) is 8. The molecule has 2 N–H and O–H groups in total. The fourth-order valence-electron chi connectivity index (χ4n) is 3.56. The monoisotopic (exact) mass is 481 g/mol. The van der Waals surface area contributed by atoms with Gasteiger partial charge in [-0.25, -0.2) is 9.97 Å². The Kier molecular flexibility index (Phi) is 5.43. The minimum atomic E-state index is -0.365. The molecular formula is C22H19N5O4S2. The van der Waals surface area contributed by atoms with Gasteiger partial charge in [0.05, 0.1) is 23.1 Å². The van der Waals surface area contributed by atoms with E-state index in [0.717, 1.165) is 21.7 Å². The van der Waals surface area contributed by atoms with E-state index >= 15 is 0 Å². The molecule has 1 aliphatic heterocycles. The fraction of sp³-hybridized carbons (Fsp3) is 0.227. The van der Waals surface area contributed by atoms with E-state index in [1.807, 2.05) is 26.0 Å². The van der Waals surface area contributed by atoms with Crippen LogP contribution in [0.15, 0.2) is 35.4 Å². The number of ether oxygens (including phenoxy) is 1. The lowest BCUT2D eigenvalue weighted by Gasteiger charge is -2.18. The maximum absolute atomic E-state index is 12.7. The molecule has 0 saturated heterocycles. The quantitative estimate of drug-likeness (QED) is 0.451. The molecule has 0 fully saturated rings. The Bertz CT molecular complexity index is 1470. The molecule has 168 valence electrons. The first-order chi connectivity index (χ1) is 15.9. The van der Waals surface area contributed by atoms with Crippen LogP contribution in [-0.4, -0.2) is 33.0 Å². The van der Waals surface area contributed by atoms with Crippen LogP contribution < -0.4 is 20.9 Å². The lowest BCUT2D eigenvalue weighted by atomic mass is 10.1. The number of thiazole rings is 1. The number of aryl methyl sites for hydroxylation is 2. The number of benzene rings is 1. The van der Waals surface area contributed by atoms with Gasteiger partial charge in [-0.05, 0) is 37.6 Å². The maximum Gasteiger partial charge on any atom is 0.262 e. The molecule has 11 heteroatoms. The summed E-state index contributed by atoms with van der Waals surface area (Å²) in [5, 5.41) is 6.51. The number of rotatable bonds is 5. The van der Waals surface area contributed by atoms with Crippen molar-refractivity contribution >= 4 is 55.5 Å². The first-order valence-electron chi connectivity index (χ1n) is 10.2.